The average Bonchev–Trinajstić information content (AvgIpc) is 2.45. The van der Waals surface area contributed by atoms with E-state index in [9.17, 15) is 8.42 Å². The fourth-order valence-corrected chi connectivity index (χ4v) is 3.30. The first-order chi connectivity index (χ1) is 9.84. The molecule has 5 nitrogen and oxygen atoms in total. The van der Waals surface area contributed by atoms with Gasteiger partial charge in [0.25, 0.3) is 10.0 Å². The zero-order valence-corrected chi connectivity index (χ0v) is 12.6. The molecule has 0 aliphatic heterocycles. The maximum absolute atomic E-state index is 12.6. The second-order valence-electron chi connectivity index (χ2n) is 4.71. The molecule has 0 amide bonds. The Kier molecular flexibility index (Phi) is 3.87. The number of benzene rings is 2. The molecule has 0 saturated heterocycles. The standard InChI is InChI=1S/C15H15N3O2S/c1-11-7-13(17)9-15(8-11)21(19,20)18(2)14-5-3-12(10-16)4-6-14/h3-9H,17H2,1-2H3. The minimum absolute atomic E-state index is 0.145. The number of rotatable bonds is 3. The molecular weight excluding hydrogens is 286 g/mol. The van der Waals surface area contributed by atoms with Crippen LogP contribution in [0.3, 0.4) is 0 Å². The van der Waals surface area contributed by atoms with Crippen LogP contribution < -0.4 is 10.0 Å². The summed E-state index contributed by atoms with van der Waals surface area (Å²) < 4.78 is 26.4. The lowest BCUT2D eigenvalue weighted by Gasteiger charge is -2.20. The van der Waals surface area contributed by atoms with Crippen LogP contribution in [-0.4, -0.2) is 15.5 Å². The van der Waals surface area contributed by atoms with E-state index in [4.69, 9.17) is 11.0 Å². The van der Waals surface area contributed by atoms with Crippen LogP contribution in [0.5, 0.6) is 0 Å². The van der Waals surface area contributed by atoms with Crippen molar-refractivity contribution in [1.82, 2.24) is 0 Å². The van der Waals surface area contributed by atoms with Crippen molar-refractivity contribution in [1.29, 1.82) is 5.26 Å². The third-order valence-corrected chi connectivity index (χ3v) is 4.85. The Morgan fingerprint density at radius 1 is 1.14 bits per heavy atom. The summed E-state index contributed by atoms with van der Waals surface area (Å²) in [5, 5.41) is 8.77. The van der Waals surface area contributed by atoms with Crippen molar-refractivity contribution in [2.75, 3.05) is 17.1 Å². The van der Waals surface area contributed by atoms with Crippen molar-refractivity contribution < 1.29 is 8.42 Å². The molecule has 2 rings (SSSR count). The molecule has 0 atom stereocenters. The molecule has 108 valence electrons. The van der Waals surface area contributed by atoms with E-state index in [1.165, 1.54) is 17.4 Å². The summed E-state index contributed by atoms with van der Waals surface area (Å²) in [6.45, 7) is 1.79. The molecule has 2 aromatic carbocycles. The molecule has 6 heteroatoms. The fourth-order valence-electron chi connectivity index (χ4n) is 1.97. The van der Waals surface area contributed by atoms with Gasteiger partial charge in [-0.2, -0.15) is 5.26 Å². The monoisotopic (exact) mass is 301 g/mol. The van der Waals surface area contributed by atoms with Crippen LogP contribution in [0.4, 0.5) is 11.4 Å². The van der Waals surface area contributed by atoms with Crippen LogP contribution >= 0.6 is 0 Å². The van der Waals surface area contributed by atoms with E-state index in [1.807, 2.05) is 6.07 Å². The molecule has 0 unspecified atom stereocenters. The van der Waals surface area contributed by atoms with Crippen molar-refractivity contribution in [3.8, 4) is 6.07 Å². The summed E-state index contributed by atoms with van der Waals surface area (Å²) in [6.07, 6.45) is 0. The van der Waals surface area contributed by atoms with Gasteiger partial charge < -0.3 is 5.73 Å². The largest absolute Gasteiger partial charge is 0.399 e. The predicted octanol–water partition coefficient (Wildman–Crippen LogP) is 2.27. The lowest BCUT2D eigenvalue weighted by Crippen LogP contribution is -2.26. The zero-order chi connectivity index (χ0) is 15.6. The molecule has 0 saturated carbocycles. The van der Waals surface area contributed by atoms with Crippen LogP contribution in [-0.2, 0) is 10.0 Å². The molecule has 21 heavy (non-hydrogen) atoms. The Morgan fingerprint density at radius 2 is 1.76 bits per heavy atom. The van der Waals surface area contributed by atoms with Crippen LogP contribution in [0, 0.1) is 18.3 Å². The van der Waals surface area contributed by atoms with E-state index in [1.54, 1.807) is 43.3 Å². The number of anilines is 2. The molecule has 0 bridgehead atoms. The van der Waals surface area contributed by atoms with Gasteiger partial charge >= 0.3 is 0 Å². The Hall–Kier alpha value is -2.52. The third kappa shape index (κ3) is 2.98. The first-order valence-electron chi connectivity index (χ1n) is 6.21. The van der Waals surface area contributed by atoms with E-state index in [0.29, 0.717) is 16.9 Å². The maximum Gasteiger partial charge on any atom is 0.264 e. The van der Waals surface area contributed by atoms with Crippen LogP contribution in [0.2, 0.25) is 0 Å². The maximum atomic E-state index is 12.6. The summed E-state index contributed by atoms with van der Waals surface area (Å²) in [5.41, 5.74) is 7.85. The molecule has 0 aliphatic rings. The molecule has 2 aromatic rings. The summed E-state index contributed by atoms with van der Waals surface area (Å²) >= 11 is 0. The van der Waals surface area contributed by atoms with Gasteiger partial charge in [0.15, 0.2) is 0 Å². The number of aryl methyl sites for hydroxylation is 1. The van der Waals surface area contributed by atoms with Gasteiger partial charge in [0, 0.05) is 12.7 Å². The number of nitrogen functional groups attached to an aromatic ring is 1. The summed E-state index contributed by atoms with van der Waals surface area (Å²) in [5.74, 6) is 0. The smallest absolute Gasteiger partial charge is 0.264 e. The van der Waals surface area contributed by atoms with Gasteiger partial charge in [0.2, 0.25) is 0 Å². The highest BCUT2D eigenvalue weighted by molar-refractivity contribution is 7.92. The minimum Gasteiger partial charge on any atom is -0.399 e. The van der Waals surface area contributed by atoms with Crippen molar-refractivity contribution in [3.63, 3.8) is 0 Å². The second-order valence-corrected chi connectivity index (χ2v) is 6.68. The van der Waals surface area contributed by atoms with Gasteiger partial charge in [-0.15, -0.1) is 0 Å². The van der Waals surface area contributed by atoms with Crippen LogP contribution in [0.1, 0.15) is 11.1 Å². The van der Waals surface area contributed by atoms with E-state index in [0.717, 1.165) is 5.56 Å². The molecule has 2 N–H and O–H groups in total. The number of sulfonamides is 1. The molecule has 0 fully saturated rings. The summed E-state index contributed by atoms with van der Waals surface area (Å²) in [6, 6.07) is 13.0. The highest BCUT2D eigenvalue weighted by atomic mass is 32.2. The van der Waals surface area contributed by atoms with Gasteiger partial charge in [-0.25, -0.2) is 8.42 Å². The summed E-state index contributed by atoms with van der Waals surface area (Å²) in [4.78, 5) is 0.145. The average molecular weight is 301 g/mol. The third-order valence-electron chi connectivity index (χ3n) is 3.09. The fraction of sp³-hybridized carbons (Fsp3) is 0.133. The lowest BCUT2D eigenvalue weighted by atomic mass is 10.2. The normalized spacial score (nSPS) is 10.9. The SMILES string of the molecule is Cc1cc(N)cc(S(=O)(=O)N(C)c2ccc(C#N)cc2)c1. The van der Waals surface area contributed by atoms with Gasteiger partial charge in [-0.05, 0) is 55.0 Å². The number of hydrogen-bond donors (Lipinski definition) is 1. The van der Waals surface area contributed by atoms with E-state index in [2.05, 4.69) is 0 Å². The predicted molar refractivity (Wildman–Crippen MR) is 82.3 cm³/mol. The van der Waals surface area contributed by atoms with Crippen molar-refractivity contribution in [2.24, 2.45) is 0 Å². The van der Waals surface area contributed by atoms with E-state index in [-0.39, 0.29) is 4.90 Å². The number of hydrogen-bond acceptors (Lipinski definition) is 4. The molecule has 0 heterocycles. The molecule has 0 spiro atoms. The number of nitrogens with two attached hydrogens (primary N) is 1. The van der Waals surface area contributed by atoms with Gasteiger partial charge in [0.05, 0.1) is 22.2 Å². The first kappa shape index (κ1) is 14.9. The topological polar surface area (TPSA) is 87.2 Å². The number of nitrogens with zero attached hydrogens (tertiary/aromatic N) is 2. The molecule has 0 aromatic heterocycles. The van der Waals surface area contributed by atoms with Gasteiger partial charge in [-0.1, -0.05) is 0 Å². The first-order valence-corrected chi connectivity index (χ1v) is 7.65. The highest BCUT2D eigenvalue weighted by Gasteiger charge is 2.21. The van der Waals surface area contributed by atoms with Crippen molar-refractivity contribution in [2.45, 2.75) is 11.8 Å². The van der Waals surface area contributed by atoms with Crippen molar-refractivity contribution >= 4 is 21.4 Å². The molecular formula is C15H15N3O2S. The summed E-state index contributed by atoms with van der Waals surface area (Å²) in [7, 11) is -2.22. The molecule has 0 aliphatic carbocycles. The van der Waals surface area contributed by atoms with Gasteiger partial charge in [0.1, 0.15) is 0 Å². The Balaban J connectivity index is 2.44. The van der Waals surface area contributed by atoms with Crippen LogP contribution in [0.15, 0.2) is 47.4 Å². The van der Waals surface area contributed by atoms with Gasteiger partial charge in [-0.3, -0.25) is 4.31 Å². The van der Waals surface area contributed by atoms with E-state index >= 15 is 0 Å². The quantitative estimate of drug-likeness (QED) is 0.881. The lowest BCUT2D eigenvalue weighted by molar-refractivity contribution is 0.594. The highest BCUT2D eigenvalue weighted by Crippen LogP contribution is 2.24. The van der Waals surface area contributed by atoms with Crippen molar-refractivity contribution in [3.05, 3.63) is 53.6 Å². The Bertz CT molecular complexity index is 786. The zero-order valence-electron chi connectivity index (χ0n) is 11.7. The second kappa shape index (κ2) is 5.46. The van der Waals surface area contributed by atoms with E-state index < -0.39 is 10.0 Å². The Labute approximate surface area is 124 Å². The molecule has 0 radical (unpaired) electrons. The van der Waals surface area contributed by atoms with Crippen LogP contribution in [0.25, 0.3) is 0 Å². The number of nitriles is 1. The minimum atomic E-state index is -3.69. The Morgan fingerprint density at radius 3 is 2.29 bits per heavy atom.